The van der Waals surface area contributed by atoms with Crippen molar-refractivity contribution in [2.24, 2.45) is 0 Å². The van der Waals surface area contributed by atoms with Crippen molar-refractivity contribution >= 4 is 11.8 Å². The zero-order valence-corrected chi connectivity index (χ0v) is 9.73. The maximum atomic E-state index is 13.8. The summed E-state index contributed by atoms with van der Waals surface area (Å²) in [5.74, 6) is -1.22. The number of hydrogen-bond acceptors (Lipinski definition) is 5. The molecule has 0 radical (unpaired) electrons. The molecule has 1 aliphatic heterocycles. The number of nitrogens with zero attached hydrogens (tertiary/aromatic N) is 1. The van der Waals surface area contributed by atoms with Gasteiger partial charge in [-0.2, -0.15) is 4.39 Å². The van der Waals surface area contributed by atoms with E-state index in [9.17, 15) is 23.5 Å². The smallest absolute Gasteiger partial charge is 0.329 e. The number of alkyl halides is 1. The van der Waals surface area contributed by atoms with Gasteiger partial charge in [0.05, 0.1) is 18.1 Å². The standard InChI is InChI=1S/C9H10F2N2O4S/c10-3-1-13(9(17)12-7(3)16)8-5(11)6(15)4(2-14)18-8/h1,4-6,8,14-15H,2H2,(H,12,16,17)/t4-,5+,6-,8-/m1/s1. The number of nitrogens with one attached hydrogen (secondary N) is 1. The second kappa shape index (κ2) is 4.82. The summed E-state index contributed by atoms with van der Waals surface area (Å²) in [7, 11) is 0. The molecule has 0 saturated carbocycles. The quantitative estimate of drug-likeness (QED) is 0.644. The van der Waals surface area contributed by atoms with Crippen molar-refractivity contribution in [2.45, 2.75) is 22.9 Å². The molecule has 9 heteroatoms. The Balaban J connectivity index is 2.42. The van der Waals surface area contributed by atoms with Crippen molar-refractivity contribution in [1.82, 2.24) is 9.55 Å². The number of halogens is 2. The van der Waals surface area contributed by atoms with Crippen molar-refractivity contribution in [1.29, 1.82) is 0 Å². The van der Waals surface area contributed by atoms with Gasteiger partial charge in [-0.1, -0.05) is 0 Å². The van der Waals surface area contributed by atoms with E-state index < -0.39 is 46.6 Å². The summed E-state index contributed by atoms with van der Waals surface area (Å²) in [4.78, 5) is 24.0. The third-order valence-electron chi connectivity index (χ3n) is 2.67. The van der Waals surface area contributed by atoms with Gasteiger partial charge in [-0.05, 0) is 0 Å². The van der Waals surface area contributed by atoms with Crippen LogP contribution >= 0.6 is 11.8 Å². The molecule has 3 N–H and O–H groups in total. The van der Waals surface area contributed by atoms with Crippen LogP contribution in [0, 0.1) is 5.82 Å². The normalized spacial score (nSPS) is 31.8. The van der Waals surface area contributed by atoms with Crippen LogP contribution in [0.3, 0.4) is 0 Å². The molecule has 100 valence electrons. The molecule has 0 spiro atoms. The van der Waals surface area contributed by atoms with Crippen LogP contribution in [-0.4, -0.2) is 43.9 Å². The lowest BCUT2D eigenvalue weighted by atomic mass is 10.1. The highest BCUT2D eigenvalue weighted by molar-refractivity contribution is 8.00. The number of rotatable bonds is 2. The van der Waals surface area contributed by atoms with Gasteiger partial charge in [-0.25, -0.2) is 9.18 Å². The van der Waals surface area contributed by atoms with Gasteiger partial charge < -0.3 is 10.2 Å². The fourth-order valence-corrected chi connectivity index (χ4v) is 3.08. The zero-order valence-electron chi connectivity index (χ0n) is 8.92. The third kappa shape index (κ3) is 2.08. The summed E-state index contributed by atoms with van der Waals surface area (Å²) in [6, 6.07) is 0. The Kier molecular flexibility index (Phi) is 3.55. The van der Waals surface area contributed by atoms with E-state index in [1.165, 1.54) is 0 Å². The zero-order chi connectivity index (χ0) is 13.4. The topological polar surface area (TPSA) is 95.3 Å². The van der Waals surface area contributed by atoms with Gasteiger partial charge in [0.2, 0.25) is 5.82 Å². The summed E-state index contributed by atoms with van der Waals surface area (Å²) in [6.07, 6.45) is -2.69. The molecule has 0 bridgehead atoms. The number of aliphatic hydroxyl groups is 2. The minimum absolute atomic E-state index is 0.469. The Morgan fingerprint density at radius 3 is 2.72 bits per heavy atom. The first-order chi connectivity index (χ1) is 8.45. The third-order valence-corrected chi connectivity index (χ3v) is 4.22. The second-order valence-electron chi connectivity index (χ2n) is 3.83. The van der Waals surface area contributed by atoms with Gasteiger partial charge in [0.15, 0.2) is 6.17 Å². The highest BCUT2D eigenvalue weighted by atomic mass is 32.2. The van der Waals surface area contributed by atoms with Crippen LogP contribution in [0.15, 0.2) is 15.8 Å². The van der Waals surface area contributed by atoms with Crippen LogP contribution in [0.4, 0.5) is 8.78 Å². The van der Waals surface area contributed by atoms with Gasteiger partial charge in [-0.15, -0.1) is 11.8 Å². The molecule has 0 aromatic carbocycles. The van der Waals surface area contributed by atoms with Crippen molar-refractivity contribution in [3.05, 3.63) is 32.9 Å². The molecular formula is C9H10F2N2O4S. The highest BCUT2D eigenvalue weighted by Crippen LogP contribution is 2.42. The SMILES string of the molecule is O=c1[nH]c(=O)n([C@@H]2S[C@H](CO)[C@@H](O)[C@@H]2F)cc1F. The fraction of sp³-hybridized carbons (Fsp3) is 0.556. The van der Waals surface area contributed by atoms with Gasteiger partial charge in [0.25, 0.3) is 5.56 Å². The maximum absolute atomic E-state index is 13.8. The van der Waals surface area contributed by atoms with Crippen molar-refractivity contribution in [2.75, 3.05) is 6.61 Å². The largest absolute Gasteiger partial charge is 0.395 e. The molecule has 1 aromatic heterocycles. The predicted octanol–water partition coefficient (Wildman–Crippen LogP) is -1.02. The summed E-state index contributed by atoms with van der Waals surface area (Å²) >= 11 is 0.808. The molecule has 2 heterocycles. The van der Waals surface area contributed by atoms with E-state index in [1.807, 2.05) is 0 Å². The van der Waals surface area contributed by atoms with Crippen molar-refractivity contribution < 1.29 is 19.0 Å². The summed E-state index contributed by atoms with van der Waals surface area (Å²) in [6.45, 7) is -0.469. The van der Waals surface area contributed by atoms with Crippen LogP contribution in [0.25, 0.3) is 0 Å². The van der Waals surface area contributed by atoms with Crippen LogP contribution < -0.4 is 11.2 Å². The molecule has 0 aliphatic carbocycles. The molecular weight excluding hydrogens is 270 g/mol. The number of aliphatic hydroxyl groups excluding tert-OH is 2. The number of hydrogen-bond donors (Lipinski definition) is 3. The molecule has 1 saturated heterocycles. The Hall–Kier alpha value is -1.19. The Morgan fingerprint density at radius 2 is 2.17 bits per heavy atom. The monoisotopic (exact) mass is 280 g/mol. The maximum Gasteiger partial charge on any atom is 0.329 e. The second-order valence-corrected chi connectivity index (χ2v) is 5.19. The van der Waals surface area contributed by atoms with Crippen molar-refractivity contribution in [3.8, 4) is 0 Å². The summed E-state index contributed by atoms with van der Waals surface area (Å²) in [5.41, 5.74) is -2.15. The number of H-pyrrole nitrogens is 1. The Morgan fingerprint density at radius 1 is 1.50 bits per heavy atom. The molecule has 0 amide bonds. The van der Waals surface area contributed by atoms with E-state index in [0.29, 0.717) is 10.8 Å². The first-order valence-corrected chi connectivity index (χ1v) is 5.99. The van der Waals surface area contributed by atoms with E-state index in [1.54, 1.807) is 4.98 Å². The average Bonchev–Trinajstić information content (AvgIpc) is 2.61. The first-order valence-electron chi connectivity index (χ1n) is 5.05. The van der Waals surface area contributed by atoms with Gasteiger partial charge in [0, 0.05) is 0 Å². The number of aromatic amines is 1. The van der Waals surface area contributed by atoms with Crippen LogP contribution in [-0.2, 0) is 0 Å². The van der Waals surface area contributed by atoms with Gasteiger partial charge >= 0.3 is 5.69 Å². The summed E-state index contributed by atoms with van der Waals surface area (Å²) in [5, 5.41) is 16.4. The minimum atomic E-state index is -1.84. The Labute approximate surface area is 103 Å². The summed E-state index contributed by atoms with van der Waals surface area (Å²) < 4.78 is 27.5. The molecule has 4 atom stereocenters. The average molecular weight is 280 g/mol. The van der Waals surface area contributed by atoms with E-state index >= 15 is 0 Å². The van der Waals surface area contributed by atoms with Gasteiger partial charge in [-0.3, -0.25) is 14.3 Å². The van der Waals surface area contributed by atoms with E-state index in [0.717, 1.165) is 11.8 Å². The van der Waals surface area contributed by atoms with Crippen molar-refractivity contribution in [3.63, 3.8) is 0 Å². The lowest BCUT2D eigenvalue weighted by Gasteiger charge is -2.15. The molecule has 6 nitrogen and oxygen atoms in total. The first kappa shape index (κ1) is 13.2. The predicted molar refractivity (Wildman–Crippen MR) is 59.7 cm³/mol. The lowest BCUT2D eigenvalue weighted by molar-refractivity contribution is 0.0629. The number of aromatic nitrogens is 2. The van der Waals surface area contributed by atoms with Crippen LogP contribution in [0.1, 0.15) is 5.37 Å². The molecule has 18 heavy (non-hydrogen) atoms. The van der Waals surface area contributed by atoms with Crippen LogP contribution in [0.2, 0.25) is 0 Å². The molecule has 1 aromatic rings. The fourth-order valence-electron chi connectivity index (χ4n) is 1.73. The van der Waals surface area contributed by atoms with E-state index in [-0.39, 0.29) is 0 Å². The molecule has 1 fully saturated rings. The molecule has 2 rings (SSSR count). The molecule has 1 aliphatic rings. The highest BCUT2D eigenvalue weighted by Gasteiger charge is 2.44. The lowest BCUT2D eigenvalue weighted by Crippen LogP contribution is -2.36. The van der Waals surface area contributed by atoms with E-state index in [4.69, 9.17) is 5.11 Å². The number of thioether (sulfide) groups is 1. The Bertz CT molecular complexity index is 560. The van der Waals surface area contributed by atoms with Gasteiger partial charge in [0.1, 0.15) is 11.5 Å². The van der Waals surface area contributed by atoms with Crippen LogP contribution in [0.5, 0.6) is 0 Å². The van der Waals surface area contributed by atoms with E-state index in [2.05, 4.69) is 0 Å². The molecule has 0 unspecified atom stereocenters. The minimum Gasteiger partial charge on any atom is -0.395 e.